The van der Waals surface area contributed by atoms with Crippen LogP contribution in [-0.2, 0) is 20.7 Å². The van der Waals surface area contributed by atoms with Crippen molar-refractivity contribution in [1.29, 1.82) is 0 Å². The van der Waals surface area contributed by atoms with Crippen molar-refractivity contribution in [2.24, 2.45) is 0 Å². The van der Waals surface area contributed by atoms with Gasteiger partial charge in [-0.15, -0.1) is 11.3 Å². The molecule has 1 aliphatic heterocycles. The highest BCUT2D eigenvalue weighted by molar-refractivity contribution is 7.09. The lowest BCUT2D eigenvalue weighted by Gasteiger charge is -2.20. The summed E-state index contributed by atoms with van der Waals surface area (Å²) in [6, 6.07) is -0.682. The van der Waals surface area contributed by atoms with Crippen molar-refractivity contribution in [3.05, 3.63) is 16.1 Å². The van der Waals surface area contributed by atoms with Gasteiger partial charge >= 0.3 is 5.97 Å². The quantitative estimate of drug-likeness (QED) is 0.867. The van der Waals surface area contributed by atoms with Crippen molar-refractivity contribution in [1.82, 2.24) is 9.88 Å². The van der Waals surface area contributed by atoms with Crippen LogP contribution in [-0.4, -0.2) is 46.1 Å². The molecule has 2 atom stereocenters. The summed E-state index contributed by atoms with van der Waals surface area (Å²) in [7, 11) is 0. The number of likely N-dealkylation sites (tertiary alicyclic amines) is 1. The van der Waals surface area contributed by atoms with Gasteiger partial charge in [0.05, 0.1) is 12.1 Å². The monoisotopic (exact) mass is 312 g/mol. The van der Waals surface area contributed by atoms with Gasteiger partial charge in [0.15, 0.2) is 0 Å². The summed E-state index contributed by atoms with van der Waals surface area (Å²) in [5.41, 5.74) is 0.683. The third-order valence-corrected chi connectivity index (χ3v) is 4.58. The zero-order chi connectivity index (χ0) is 15.4. The fraction of sp³-hybridized carbons (Fsp3) is 0.643. The molecule has 0 unspecified atom stereocenters. The summed E-state index contributed by atoms with van der Waals surface area (Å²) in [6.07, 6.45) is 1.35. The van der Waals surface area contributed by atoms with Crippen LogP contribution in [0, 0.1) is 0 Å². The minimum Gasteiger partial charge on any atom is -0.480 e. The molecule has 0 spiro atoms. The first kappa shape index (κ1) is 15.9. The number of carbonyl (C=O) groups excluding carboxylic acids is 1. The Kier molecular flexibility index (Phi) is 5.30. The summed E-state index contributed by atoms with van der Waals surface area (Å²) in [5, 5.41) is 11.8. The molecule has 116 valence electrons. The maximum absolute atomic E-state index is 12.2. The number of rotatable bonds is 6. The number of nitrogens with zero attached hydrogens (tertiary/aromatic N) is 2. The van der Waals surface area contributed by atoms with E-state index in [-0.39, 0.29) is 18.4 Å². The van der Waals surface area contributed by atoms with E-state index in [1.807, 2.05) is 19.2 Å². The Morgan fingerprint density at radius 2 is 2.38 bits per heavy atom. The van der Waals surface area contributed by atoms with Gasteiger partial charge in [0.2, 0.25) is 5.91 Å². The standard InChI is InChI=1S/C14H20N2O4S/c1-3-20-9(2)13-15-10(8-21-13)7-12(17)16-6-4-5-11(16)14(18)19/h8-9,11H,3-7H2,1-2H3,(H,18,19)/t9-,11-/m1/s1. The molecular weight excluding hydrogens is 292 g/mol. The first-order chi connectivity index (χ1) is 10.0. The van der Waals surface area contributed by atoms with Gasteiger partial charge in [0.1, 0.15) is 17.2 Å². The lowest BCUT2D eigenvalue weighted by Crippen LogP contribution is -2.41. The van der Waals surface area contributed by atoms with Crippen LogP contribution in [0.15, 0.2) is 5.38 Å². The van der Waals surface area contributed by atoms with Crippen molar-refractivity contribution in [2.45, 2.75) is 45.3 Å². The largest absolute Gasteiger partial charge is 0.480 e. The minimum absolute atomic E-state index is 0.0811. The van der Waals surface area contributed by atoms with E-state index in [1.54, 1.807) is 0 Å². The molecule has 0 radical (unpaired) electrons. The van der Waals surface area contributed by atoms with Crippen molar-refractivity contribution in [2.75, 3.05) is 13.2 Å². The molecule has 1 N–H and O–H groups in total. The topological polar surface area (TPSA) is 79.7 Å². The van der Waals surface area contributed by atoms with Crippen LogP contribution in [0.3, 0.4) is 0 Å². The van der Waals surface area contributed by atoms with Gasteiger partial charge in [-0.25, -0.2) is 9.78 Å². The Labute approximate surface area is 127 Å². The van der Waals surface area contributed by atoms with E-state index in [0.717, 1.165) is 11.4 Å². The summed E-state index contributed by atoms with van der Waals surface area (Å²) in [6.45, 7) is 4.98. The number of amides is 1. The van der Waals surface area contributed by atoms with Gasteiger partial charge in [0, 0.05) is 18.5 Å². The van der Waals surface area contributed by atoms with Gasteiger partial charge < -0.3 is 14.7 Å². The molecule has 0 saturated carbocycles. The van der Waals surface area contributed by atoms with Crippen LogP contribution in [0.5, 0.6) is 0 Å². The number of aromatic nitrogens is 1. The molecule has 2 rings (SSSR count). The van der Waals surface area contributed by atoms with Crippen molar-refractivity contribution in [3.63, 3.8) is 0 Å². The van der Waals surface area contributed by atoms with Gasteiger partial charge in [0.25, 0.3) is 0 Å². The second kappa shape index (κ2) is 7.00. The van der Waals surface area contributed by atoms with Gasteiger partial charge in [-0.2, -0.15) is 0 Å². The average molecular weight is 312 g/mol. The normalized spacial score (nSPS) is 19.7. The number of aliphatic carboxylic acids is 1. The highest BCUT2D eigenvalue weighted by Gasteiger charge is 2.33. The number of hydrogen-bond acceptors (Lipinski definition) is 5. The summed E-state index contributed by atoms with van der Waals surface area (Å²) >= 11 is 1.47. The SMILES string of the molecule is CCO[C@H](C)c1nc(CC(=O)N2CCC[C@@H]2C(=O)O)cs1. The number of carboxylic acids is 1. The lowest BCUT2D eigenvalue weighted by atomic mass is 10.2. The fourth-order valence-electron chi connectivity index (χ4n) is 2.49. The van der Waals surface area contributed by atoms with Crippen LogP contribution in [0.2, 0.25) is 0 Å². The molecule has 0 aliphatic carbocycles. The van der Waals surface area contributed by atoms with E-state index < -0.39 is 12.0 Å². The van der Waals surface area contributed by atoms with Gasteiger partial charge in [-0.1, -0.05) is 0 Å². The number of ether oxygens (including phenoxy) is 1. The zero-order valence-corrected chi connectivity index (χ0v) is 13.1. The van der Waals surface area contributed by atoms with Crippen LogP contribution in [0.4, 0.5) is 0 Å². The van der Waals surface area contributed by atoms with E-state index in [0.29, 0.717) is 25.3 Å². The van der Waals surface area contributed by atoms with Crippen molar-refractivity contribution >= 4 is 23.2 Å². The average Bonchev–Trinajstić information content (AvgIpc) is 3.07. The first-order valence-electron chi connectivity index (χ1n) is 7.11. The molecule has 0 aromatic carbocycles. The van der Waals surface area contributed by atoms with Crippen molar-refractivity contribution < 1.29 is 19.4 Å². The third kappa shape index (κ3) is 3.79. The summed E-state index contributed by atoms with van der Waals surface area (Å²) in [4.78, 5) is 29.2. The number of carbonyl (C=O) groups is 2. The number of thiazole rings is 1. The number of hydrogen-bond donors (Lipinski definition) is 1. The van der Waals surface area contributed by atoms with Gasteiger partial charge in [-0.3, -0.25) is 4.79 Å². The Morgan fingerprint density at radius 3 is 3.05 bits per heavy atom. The van der Waals surface area contributed by atoms with Crippen molar-refractivity contribution in [3.8, 4) is 0 Å². The molecular formula is C14H20N2O4S. The zero-order valence-electron chi connectivity index (χ0n) is 12.2. The third-order valence-electron chi connectivity index (χ3n) is 3.52. The first-order valence-corrected chi connectivity index (χ1v) is 7.99. The molecule has 6 nitrogen and oxygen atoms in total. The van der Waals surface area contributed by atoms with Crippen LogP contribution in [0.1, 0.15) is 43.5 Å². The maximum atomic E-state index is 12.2. The Morgan fingerprint density at radius 1 is 1.62 bits per heavy atom. The molecule has 0 bridgehead atoms. The van der Waals surface area contributed by atoms with Crippen LogP contribution in [0.25, 0.3) is 0 Å². The van der Waals surface area contributed by atoms with Gasteiger partial charge in [-0.05, 0) is 26.7 Å². The second-order valence-corrected chi connectivity index (χ2v) is 5.92. The molecule has 1 aromatic heterocycles. The number of carboxylic acid groups (broad SMARTS) is 1. The highest BCUT2D eigenvalue weighted by Crippen LogP contribution is 2.23. The Hall–Kier alpha value is -1.47. The minimum atomic E-state index is -0.926. The lowest BCUT2D eigenvalue weighted by molar-refractivity contribution is -0.148. The molecule has 7 heteroatoms. The molecule has 2 heterocycles. The van der Waals surface area contributed by atoms with E-state index in [9.17, 15) is 9.59 Å². The predicted octanol–water partition coefficient (Wildman–Crippen LogP) is 1.86. The molecule has 1 saturated heterocycles. The molecule has 1 aliphatic rings. The van der Waals surface area contributed by atoms with Crippen LogP contribution >= 0.6 is 11.3 Å². The smallest absolute Gasteiger partial charge is 0.326 e. The maximum Gasteiger partial charge on any atom is 0.326 e. The molecule has 1 amide bonds. The summed E-state index contributed by atoms with van der Waals surface area (Å²) in [5.74, 6) is -1.09. The van der Waals surface area contributed by atoms with E-state index in [4.69, 9.17) is 9.84 Å². The van der Waals surface area contributed by atoms with Crippen LogP contribution < -0.4 is 0 Å². The molecule has 1 fully saturated rings. The van der Waals surface area contributed by atoms with E-state index >= 15 is 0 Å². The Bertz CT molecular complexity index is 517. The highest BCUT2D eigenvalue weighted by atomic mass is 32.1. The second-order valence-electron chi connectivity index (χ2n) is 5.03. The van der Waals surface area contributed by atoms with E-state index in [2.05, 4.69) is 4.98 Å². The molecule has 1 aromatic rings. The summed E-state index contributed by atoms with van der Waals surface area (Å²) < 4.78 is 5.47. The van der Waals surface area contributed by atoms with E-state index in [1.165, 1.54) is 16.2 Å². The Balaban J connectivity index is 1.98. The fourth-order valence-corrected chi connectivity index (χ4v) is 3.31. The predicted molar refractivity (Wildman–Crippen MR) is 78.2 cm³/mol. The molecule has 21 heavy (non-hydrogen) atoms.